The van der Waals surface area contributed by atoms with Crippen LogP contribution in [0, 0.1) is 0 Å². The Labute approximate surface area is 125 Å². The van der Waals surface area contributed by atoms with Crippen molar-refractivity contribution in [2.75, 3.05) is 11.5 Å². The van der Waals surface area contributed by atoms with Crippen molar-refractivity contribution >= 4 is 27.4 Å². The van der Waals surface area contributed by atoms with Gasteiger partial charge < -0.3 is 10.9 Å². The third kappa shape index (κ3) is 3.95. The SMILES string of the molecule is N/C(=N/O)c1ccc(S(=O)(=O)CCSc2ncn[nH]2)cc1. The fourth-order valence-electron chi connectivity index (χ4n) is 1.52. The normalized spacial score (nSPS) is 12.5. The maximum Gasteiger partial charge on any atom is 0.183 e. The van der Waals surface area contributed by atoms with Crippen LogP contribution in [-0.4, -0.2) is 46.1 Å². The second-order valence-corrected chi connectivity index (χ2v) is 7.16. The van der Waals surface area contributed by atoms with Gasteiger partial charge in [-0.2, -0.15) is 5.10 Å². The van der Waals surface area contributed by atoms with E-state index >= 15 is 0 Å². The Morgan fingerprint density at radius 3 is 2.67 bits per heavy atom. The molecule has 0 radical (unpaired) electrons. The smallest absolute Gasteiger partial charge is 0.183 e. The molecule has 0 spiro atoms. The maximum atomic E-state index is 12.1. The highest BCUT2D eigenvalue weighted by Gasteiger charge is 2.15. The number of amidine groups is 1. The number of rotatable bonds is 6. The topological polar surface area (TPSA) is 134 Å². The standard InChI is InChI=1S/C11H13N5O3S2/c12-10(16-17)8-1-3-9(4-2-8)21(18,19)6-5-20-11-13-7-14-15-11/h1-4,7,17H,5-6H2,(H2,12,16)(H,13,14,15). The lowest BCUT2D eigenvalue weighted by atomic mass is 10.2. The first-order valence-electron chi connectivity index (χ1n) is 5.82. The van der Waals surface area contributed by atoms with Gasteiger partial charge in [0, 0.05) is 11.3 Å². The summed E-state index contributed by atoms with van der Waals surface area (Å²) in [6.45, 7) is 0. The van der Waals surface area contributed by atoms with Crippen molar-refractivity contribution in [3.05, 3.63) is 36.2 Å². The van der Waals surface area contributed by atoms with E-state index in [1.165, 1.54) is 42.4 Å². The van der Waals surface area contributed by atoms with E-state index in [9.17, 15) is 8.42 Å². The van der Waals surface area contributed by atoms with E-state index in [4.69, 9.17) is 10.9 Å². The van der Waals surface area contributed by atoms with E-state index in [-0.39, 0.29) is 16.5 Å². The van der Waals surface area contributed by atoms with Crippen molar-refractivity contribution in [2.45, 2.75) is 10.1 Å². The molecular formula is C11H13N5O3S2. The van der Waals surface area contributed by atoms with Crippen molar-refractivity contribution in [1.29, 1.82) is 0 Å². The number of benzene rings is 1. The molecule has 0 saturated carbocycles. The number of aromatic nitrogens is 3. The van der Waals surface area contributed by atoms with E-state index in [2.05, 4.69) is 20.3 Å². The van der Waals surface area contributed by atoms with Crippen LogP contribution in [0.4, 0.5) is 0 Å². The Bertz CT molecular complexity index is 711. The fourth-order valence-corrected chi connectivity index (χ4v) is 3.95. The predicted molar refractivity (Wildman–Crippen MR) is 78.1 cm³/mol. The lowest BCUT2D eigenvalue weighted by molar-refractivity contribution is 0.318. The quantitative estimate of drug-likeness (QED) is 0.231. The van der Waals surface area contributed by atoms with E-state index < -0.39 is 9.84 Å². The highest BCUT2D eigenvalue weighted by atomic mass is 32.2. The van der Waals surface area contributed by atoms with Gasteiger partial charge in [-0.25, -0.2) is 13.4 Å². The molecule has 112 valence electrons. The second kappa shape index (κ2) is 6.59. The summed E-state index contributed by atoms with van der Waals surface area (Å²) in [5.74, 6) is 0.265. The summed E-state index contributed by atoms with van der Waals surface area (Å²) in [4.78, 5) is 4.09. The summed E-state index contributed by atoms with van der Waals surface area (Å²) in [5, 5.41) is 18.3. The number of hydrogen-bond acceptors (Lipinski definition) is 7. The summed E-state index contributed by atoms with van der Waals surface area (Å²) in [6, 6.07) is 5.85. The maximum absolute atomic E-state index is 12.1. The van der Waals surface area contributed by atoms with Gasteiger partial charge >= 0.3 is 0 Å². The highest BCUT2D eigenvalue weighted by Crippen LogP contribution is 2.16. The third-order valence-corrected chi connectivity index (χ3v) is 5.47. The number of aromatic amines is 1. The van der Waals surface area contributed by atoms with Gasteiger partial charge in [0.05, 0.1) is 10.6 Å². The first-order chi connectivity index (χ1) is 10.0. The largest absolute Gasteiger partial charge is 0.409 e. The van der Waals surface area contributed by atoms with Crippen LogP contribution >= 0.6 is 11.8 Å². The summed E-state index contributed by atoms with van der Waals surface area (Å²) in [5.41, 5.74) is 5.87. The molecule has 0 aliphatic rings. The second-order valence-electron chi connectivity index (χ2n) is 3.97. The van der Waals surface area contributed by atoms with E-state index in [0.717, 1.165) is 0 Å². The third-order valence-electron chi connectivity index (χ3n) is 2.60. The lowest BCUT2D eigenvalue weighted by Crippen LogP contribution is -2.14. The molecule has 0 saturated heterocycles. The minimum absolute atomic E-state index is 0.0265. The minimum atomic E-state index is -3.39. The summed E-state index contributed by atoms with van der Waals surface area (Å²) in [7, 11) is -3.39. The Hall–Kier alpha value is -2.07. The van der Waals surface area contributed by atoms with Gasteiger partial charge in [0.2, 0.25) is 0 Å². The molecule has 1 heterocycles. The molecule has 0 atom stereocenters. The van der Waals surface area contributed by atoms with Gasteiger partial charge in [-0.05, 0) is 24.3 Å². The molecule has 0 amide bonds. The molecule has 1 aromatic carbocycles. The van der Waals surface area contributed by atoms with E-state index in [1.54, 1.807) is 0 Å². The van der Waals surface area contributed by atoms with Crippen LogP contribution in [-0.2, 0) is 9.84 Å². The van der Waals surface area contributed by atoms with Gasteiger partial charge in [-0.3, -0.25) is 5.10 Å². The molecule has 0 bridgehead atoms. The molecule has 0 fully saturated rings. The molecule has 10 heteroatoms. The number of oxime groups is 1. The first-order valence-corrected chi connectivity index (χ1v) is 8.45. The van der Waals surface area contributed by atoms with Crippen LogP contribution in [0.15, 0.2) is 45.8 Å². The van der Waals surface area contributed by atoms with Crippen molar-refractivity contribution in [1.82, 2.24) is 15.2 Å². The molecular weight excluding hydrogens is 314 g/mol. The first kappa shape index (κ1) is 15.3. The number of nitrogens with one attached hydrogen (secondary N) is 1. The van der Waals surface area contributed by atoms with Crippen molar-refractivity contribution in [3.8, 4) is 0 Å². The van der Waals surface area contributed by atoms with Gasteiger partial charge in [-0.15, -0.1) is 0 Å². The molecule has 1 aromatic heterocycles. The average molecular weight is 327 g/mol. The Balaban J connectivity index is 2.02. The number of H-pyrrole nitrogens is 1. The molecule has 2 aromatic rings. The number of hydrogen-bond donors (Lipinski definition) is 3. The van der Waals surface area contributed by atoms with Crippen molar-refractivity contribution in [3.63, 3.8) is 0 Å². The predicted octanol–water partition coefficient (Wildman–Crippen LogP) is 0.465. The molecule has 0 aliphatic heterocycles. The highest BCUT2D eigenvalue weighted by molar-refractivity contribution is 8.00. The fraction of sp³-hybridized carbons (Fsp3) is 0.182. The van der Waals surface area contributed by atoms with E-state index in [0.29, 0.717) is 16.5 Å². The van der Waals surface area contributed by atoms with Crippen LogP contribution in [0.3, 0.4) is 0 Å². The number of nitrogens with zero attached hydrogens (tertiary/aromatic N) is 3. The van der Waals surface area contributed by atoms with Crippen LogP contribution < -0.4 is 5.73 Å². The Morgan fingerprint density at radius 2 is 2.10 bits per heavy atom. The van der Waals surface area contributed by atoms with Crippen LogP contribution in [0.2, 0.25) is 0 Å². The number of thioether (sulfide) groups is 1. The van der Waals surface area contributed by atoms with Crippen LogP contribution in [0.1, 0.15) is 5.56 Å². The van der Waals surface area contributed by atoms with Crippen LogP contribution in [0.5, 0.6) is 0 Å². The van der Waals surface area contributed by atoms with Gasteiger partial charge in [0.15, 0.2) is 20.8 Å². The number of sulfone groups is 1. The number of nitrogens with two attached hydrogens (primary N) is 1. The summed E-state index contributed by atoms with van der Waals surface area (Å²) in [6.07, 6.45) is 1.36. The van der Waals surface area contributed by atoms with E-state index in [1.807, 2.05) is 0 Å². The average Bonchev–Trinajstić information content (AvgIpc) is 2.99. The van der Waals surface area contributed by atoms with Crippen LogP contribution in [0.25, 0.3) is 0 Å². The Kier molecular flexibility index (Phi) is 4.81. The van der Waals surface area contributed by atoms with Gasteiger partial charge in [0.1, 0.15) is 6.33 Å². The van der Waals surface area contributed by atoms with Crippen molar-refractivity contribution in [2.24, 2.45) is 10.9 Å². The van der Waals surface area contributed by atoms with Crippen molar-refractivity contribution < 1.29 is 13.6 Å². The zero-order valence-electron chi connectivity index (χ0n) is 10.8. The minimum Gasteiger partial charge on any atom is -0.409 e. The molecule has 8 nitrogen and oxygen atoms in total. The van der Waals surface area contributed by atoms with Gasteiger partial charge in [0.25, 0.3) is 0 Å². The zero-order valence-corrected chi connectivity index (χ0v) is 12.4. The molecule has 0 aliphatic carbocycles. The monoisotopic (exact) mass is 327 g/mol. The Morgan fingerprint density at radius 1 is 1.38 bits per heavy atom. The van der Waals surface area contributed by atoms with Gasteiger partial charge in [-0.1, -0.05) is 16.9 Å². The summed E-state index contributed by atoms with van der Waals surface area (Å²) >= 11 is 1.28. The zero-order chi connectivity index (χ0) is 15.3. The molecule has 2 rings (SSSR count). The summed E-state index contributed by atoms with van der Waals surface area (Å²) < 4.78 is 24.3. The molecule has 21 heavy (non-hydrogen) atoms. The molecule has 0 unspecified atom stereocenters. The molecule has 4 N–H and O–H groups in total. The lowest BCUT2D eigenvalue weighted by Gasteiger charge is -2.05.